The van der Waals surface area contributed by atoms with Gasteiger partial charge in [-0.15, -0.1) is 0 Å². The molecule has 0 heterocycles. The van der Waals surface area contributed by atoms with Gasteiger partial charge in [-0.2, -0.15) is 0 Å². The maximum Gasteiger partial charge on any atom is 0.0637 e. The average Bonchev–Trinajstić information content (AvgIpc) is 3.22. The molecule has 0 unspecified atom stereocenters. The van der Waals surface area contributed by atoms with Crippen LogP contribution in [0, 0.1) is 5.41 Å². The molecule has 0 bridgehead atoms. The van der Waals surface area contributed by atoms with Crippen molar-refractivity contribution >= 4 is 86.4 Å². The van der Waals surface area contributed by atoms with E-state index in [9.17, 15) is 0 Å². The van der Waals surface area contributed by atoms with Crippen molar-refractivity contribution in [3.63, 3.8) is 0 Å². The summed E-state index contributed by atoms with van der Waals surface area (Å²) in [5.74, 6) is 8.77. The molecule has 0 rings (SSSR count). The van der Waals surface area contributed by atoms with Gasteiger partial charge in [0.25, 0.3) is 0 Å². The summed E-state index contributed by atoms with van der Waals surface area (Å²) in [4.78, 5) is 0. The first-order valence-corrected chi connectivity index (χ1v) is 31.4. The predicted octanol–water partition coefficient (Wildman–Crippen LogP) is 6.33. The van der Waals surface area contributed by atoms with E-state index in [0.717, 1.165) is 189 Å². The molecular weight excluding hydrogens is 875 g/mol. The molecule has 0 atom stereocenters. The lowest BCUT2D eigenvalue weighted by molar-refractivity contribution is -0.106. The molecule has 0 amide bonds. The lowest BCUT2D eigenvalue weighted by atomic mass is 9.92. The van der Waals surface area contributed by atoms with Gasteiger partial charge in [0.05, 0.1) is 31.8 Å². The second-order valence-electron chi connectivity index (χ2n) is 13.5. The Morgan fingerprint density at radius 2 is 0.614 bits per heavy atom. The van der Waals surface area contributed by atoms with Crippen molar-refractivity contribution < 1.29 is 18.9 Å². The first-order valence-electron chi connectivity index (χ1n) is 21.5. The fraction of sp³-hybridized carbons (Fsp3) is 1.00. The van der Waals surface area contributed by atoms with Crippen molar-refractivity contribution in [2.45, 2.75) is 64.7 Å². The quantitative estimate of drug-likeness (QED) is 0.0267. The molecule has 0 aliphatic heterocycles. The largest absolute Gasteiger partial charge is 0.381 e. The van der Waals surface area contributed by atoms with Gasteiger partial charge in [-0.3, -0.25) is 0 Å². The Balaban J connectivity index is 4.91. The van der Waals surface area contributed by atoms with Gasteiger partial charge in [-0.1, -0.05) is 99.7 Å². The Hall–Kier alpha value is 2.36. The average molecular weight is 961 g/mol. The van der Waals surface area contributed by atoms with E-state index >= 15 is 0 Å². The van der Waals surface area contributed by atoms with Crippen LogP contribution in [0.4, 0.5) is 0 Å². The lowest BCUT2D eigenvalue weighted by Crippen LogP contribution is -2.42. The van der Waals surface area contributed by atoms with Crippen molar-refractivity contribution in [2.24, 2.45) is 22.6 Å². The van der Waals surface area contributed by atoms with Gasteiger partial charge in [-0.05, 0) is 97.2 Å². The predicted molar refractivity (Wildman–Crippen MR) is 271 cm³/mol. The highest BCUT2D eigenvalue weighted by molar-refractivity contribution is 8.77. The number of hydrogen-bond acceptors (Lipinski definition) is 19. The maximum atomic E-state index is 6.41. The summed E-state index contributed by atoms with van der Waals surface area (Å²) < 4.78 is 25.6. The van der Waals surface area contributed by atoms with Gasteiger partial charge in [0.15, 0.2) is 0 Å². The molecular formula is C38H85N7O4S8. The molecule has 0 aliphatic carbocycles. The molecule has 0 aromatic rings. The minimum absolute atomic E-state index is 0.336. The normalized spacial score (nSPS) is 12.0. The molecule has 0 aliphatic rings. The molecule has 0 spiro atoms. The zero-order valence-corrected chi connectivity index (χ0v) is 42.1. The third kappa shape index (κ3) is 47.7. The third-order valence-electron chi connectivity index (χ3n) is 7.86. The summed E-state index contributed by atoms with van der Waals surface area (Å²) in [7, 11) is 15.5. The second kappa shape index (κ2) is 52.7. The van der Waals surface area contributed by atoms with Crippen LogP contribution in [0.2, 0.25) is 0 Å². The standard InChI is InChI=1S/C38H85N7O4S8/c1-2-3-14-42-18-30-54-50-26-7-22-46-34-38(35-47-23-8-27-51-55-31-19-43-15-4-11-39,36-48-24-9-28-52-56-32-20-44-16-5-12-40)37-49-25-10-29-53-57-33-21-45-17-6-13-41/h42-45H,2-37,39-41H2,1H3. The number of hydrogen-bond donors (Lipinski definition) is 7. The van der Waals surface area contributed by atoms with E-state index in [4.69, 9.17) is 36.1 Å². The van der Waals surface area contributed by atoms with Gasteiger partial charge in [0.1, 0.15) is 0 Å². The molecule has 19 heteroatoms. The van der Waals surface area contributed by atoms with E-state index in [-0.39, 0.29) is 5.41 Å². The summed E-state index contributed by atoms with van der Waals surface area (Å²) >= 11 is 0. The van der Waals surface area contributed by atoms with Crippen LogP contribution in [0.25, 0.3) is 0 Å². The summed E-state index contributed by atoms with van der Waals surface area (Å²) in [5, 5.41) is 13.9. The molecule has 11 nitrogen and oxygen atoms in total. The minimum atomic E-state index is -0.336. The molecule has 0 saturated heterocycles. The van der Waals surface area contributed by atoms with Crippen LogP contribution in [0.3, 0.4) is 0 Å². The van der Waals surface area contributed by atoms with Crippen LogP contribution in [0.15, 0.2) is 0 Å². The first-order chi connectivity index (χ1) is 28.2. The van der Waals surface area contributed by atoms with Crippen LogP contribution in [0.5, 0.6) is 0 Å². The van der Waals surface area contributed by atoms with Crippen molar-refractivity contribution in [2.75, 3.05) is 171 Å². The molecule has 0 aromatic heterocycles. The van der Waals surface area contributed by atoms with Crippen molar-refractivity contribution in [1.82, 2.24) is 21.3 Å². The number of ether oxygens (including phenoxy) is 4. The molecule has 0 fully saturated rings. The molecule has 344 valence electrons. The van der Waals surface area contributed by atoms with E-state index < -0.39 is 0 Å². The Labute approximate surface area is 382 Å². The monoisotopic (exact) mass is 959 g/mol. The van der Waals surface area contributed by atoms with Gasteiger partial charge in [0.2, 0.25) is 0 Å². The second-order valence-corrected chi connectivity index (χ2v) is 24.3. The van der Waals surface area contributed by atoms with Gasteiger partial charge >= 0.3 is 0 Å². The van der Waals surface area contributed by atoms with Crippen LogP contribution in [0.1, 0.15) is 64.7 Å². The minimum Gasteiger partial charge on any atom is -0.381 e. The third-order valence-corrected chi connectivity index (χ3v) is 17.8. The Morgan fingerprint density at radius 3 is 0.877 bits per heavy atom. The van der Waals surface area contributed by atoms with Crippen LogP contribution in [-0.4, -0.2) is 171 Å². The lowest BCUT2D eigenvalue weighted by Gasteiger charge is -2.33. The summed E-state index contributed by atoms with van der Waals surface area (Å²) in [6.07, 6.45) is 9.71. The highest BCUT2D eigenvalue weighted by atomic mass is 33.1. The molecule has 10 N–H and O–H groups in total. The summed E-state index contributed by atoms with van der Waals surface area (Å²) in [5.41, 5.74) is 16.4. The van der Waals surface area contributed by atoms with Gasteiger partial charge in [-0.25, -0.2) is 0 Å². The number of unbranched alkanes of at least 4 members (excludes halogenated alkanes) is 1. The number of nitrogens with two attached hydrogens (primary N) is 3. The zero-order valence-electron chi connectivity index (χ0n) is 35.6. The van der Waals surface area contributed by atoms with E-state index in [2.05, 4.69) is 28.2 Å². The van der Waals surface area contributed by atoms with E-state index in [1.807, 2.05) is 86.4 Å². The maximum absolute atomic E-state index is 6.41. The van der Waals surface area contributed by atoms with E-state index in [0.29, 0.717) is 26.4 Å². The van der Waals surface area contributed by atoms with Crippen LogP contribution >= 0.6 is 86.4 Å². The highest BCUT2D eigenvalue weighted by Gasteiger charge is 2.32. The first kappa shape index (κ1) is 59.4. The fourth-order valence-electron chi connectivity index (χ4n) is 4.69. The molecule has 57 heavy (non-hydrogen) atoms. The summed E-state index contributed by atoms with van der Waals surface area (Å²) in [6.45, 7) is 18.0. The number of nitrogens with one attached hydrogen (secondary N) is 4. The molecule has 0 radical (unpaired) electrons. The van der Waals surface area contributed by atoms with Crippen molar-refractivity contribution in [1.29, 1.82) is 0 Å². The van der Waals surface area contributed by atoms with Crippen LogP contribution in [-0.2, 0) is 18.9 Å². The van der Waals surface area contributed by atoms with E-state index in [1.165, 1.54) is 12.8 Å². The highest BCUT2D eigenvalue weighted by Crippen LogP contribution is 2.26. The number of rotatable bonds is 52. The Morgan fingerprint density at radius 1 is 0.351 bits per heavy atom. The fourth-order valence-corrected chi connectivity index (χ4v) is 12.7. The smallest absolute Gasteiger partial charge is 0.0637 e. The van der Waals surface area contributed by atoms with Crippen molar-refractivity contribution in [3.05, 3.63) is 0 Å². The molecule has 0 saturated carbocycles. The van der Waals surface area contributed by atoms with Gasteiger partial charge < -0.3 is 57.4 Å². The molecule has 0 aromatic carbocycles. The Kier molecular flexibility index (Phi) is 54.9. The topological polar surface area (TPSA) is 163 Å². The SMILES string of the molecule is CCCCNCCSSCCCOCC(COCCCSSCCNCCCN)(COCCCSSCCNCCCN)COCCCSSCCNCCCN. The Bertz CT molecular complexity index is 641. The van der Waals surface area contributed by atoms with Crippen LogP contribution < -0.4 is 38.5 Å². The summed E-state index contributed by atoms with van der Waals surface area (Å²) in [6, 6.07) is 0. The van der Waals surface area contributed by atoms with Crippen molar-refractivity contribution in [3.8, 4) is 0 Å². The zero-order chi connectivity index (χ0) is 41.3. The van der Waals surface area contributed by atoms with E-state index in [1.54, 1.807) is 0 Å². The van der Waals surface area contributed by atoms with Gasteiger partial charge in [0, 0.05) is 98.6 Å².